The Bertz CT molecular complexity index is 584. The molecule has 0 atom stereocenters. The highest BCUT2D eigenvalue weighted by Crippen LogP contribution is 2.16. The van der Waals surface area contributed by atoms with Crippen LogP contribution < -0.4 is 9.64 Å². The fourth-order valence-corrected chi connectivity index (χ4v) is 1.71. The molecule has 0 heterocycles. The Morgan fingerprint density at radius 3 is 2.35 bits per heavy atom. The molecule has 0 bridgehead atoms. The summed E-state index contributed by atoms with van der Waals surface area (Å²) in [6.07, 6.45) is 0. The molecule has 0 aromatic heterocycles. The molecular formula is C15H13ClFNO2. The average Bonchev–Trinajstić information content (AvgIpc) is 2.46. The third-order valence-electron chi connectivity index (χ3n) is 2.76. The lowest BCUT2D eigenvalue weighted by molar-refractivity contribution is -0.120. The largest absolute Gasteiger partial charge is 0.484 e. The fraction of sp³-hybridized carbons (Fsp3) is 0.133. The van der Waals surface area contributed by atoms with Gasteiger partial charge < -0.3 is 9.64 Å². The number of rotatable bonds is 4. The van der Waals surface area contributed by atoms with Gasteiger partial charge in [0.1, 0.15) is 11.6 Å². The number of hydrogen-bond donors (Lipinski definition) is 0. The number of hydrogen-bond acceptors (Lipinski definition) is 2. The van der Waals surface area contributed by atoms with Gasteiger partial charge in [0.05, 0.1) is 0 Å². The van der Waals surface area contributed by atoms with Crippen LogP contribution in [0.3, 0.4) is 0 Å². The van der Waals surface area contributed by atoms with Crippen LogP contribution in [0.4, 0.5) is 10.1 Å². The van der Waals surface area contributed by atoms with Crippen LogP contribution >= 0.6 is 11.6 Å². The molecule has 0 saturated heterocycles. The van der Waals surface area contributed by atoms with Crippen LogP contribution in [-0.2, 0) is 4.79 Å². The van der Waals surface area contributed by atoms with Crippen molar-refractivity contribution in [2.24, 2.45) is 0 Å². The maximum atomic E-state index is 12.8. The van der Waals surface area contributed by atoms with E-state index in [0.717, 1.165) is 0 Å². The first-order chi connectivity index (χ1) is 9.56. The topological polar surface area (TPSA) is 29.5 Å². The van der Waals surface area contributed by atoms with Gasteiger partial charge in [-0.05, 0) is 48.5 Å². The minimum atomic E-state index is -0.341. The van der Waals surface area contributed by atoms with Crippen molar-refractivity contribution in [3.8, 4) is 5.75 Å². The first-order valence-electron chi connectivity index (χ1n) is 5.97. The van der Waals surface area contributed by atoms with E-state index in [9.17, 15) is 9.18 Å². The Balaban J connectivity index is 1.94. The molecule has 0 radical (unpaired) electrons. The van der Waals surface area contributed by atoms with Crippen molar-refractivity contribution in [1.82, 2.24) is 0 Å². The van der Waals surface area contributed by atoms with E-state index in [1.807, 2.05) is 0 Å². The number of anilines is 1. The summed E-state index contributed by atoms with van der Waals surface area (Å²) in [6.45, 7) is -0.102. The first-order valence-corrected chi connectivity index (χ1v) is 6.34. The molecule has 104 valence electrons. The molecule has 0 fully saturated rings. The van der Waals surface area contributed by atoms with Gasteiger partial charge in [0.15, 0.2) is 6.61 Å². The molecule has 0 aliphatic heterocycles. The highest BCUT2D eigenvalue weighted by Gasteiger charge is 2.11. The minimum Gasteiger partial charge on any atom is -0.484 e. The summed E-state index contributed by atoms with van der Waals surface area (Å²) >= 11 is 5.76. The van der Waals surface area contributed by atoms with Crippen molar-refractivity contribution in [3.63, 3.8) is 0 Å². The summed E-state index contributed by atoms with van der Waals surface area (Å²) in [7, 11) is 1.61. The van der Waals surface area contributed by atoms with Gasteiger partial charge in [0.2, 0.25) is 0 Å². The van der Waals surface area contributed by atoms with Crippen molar-refractivity contribution in [1.29, 1.82) is 0 Å². The van der Waals surface area contributed by atoms with Crippen LogP contribution in [0.5, 0.6) is 5.75 Å². The van der Waals surface area contributed by atoms with Gasteiger partial charge in [0.25, 0.3) is 5.91 Å². The van der Waals surface area contributed by atoms with Gasteiger partial charge in [-0.3, -0.25) is 4.79 Å². The van der Waals surface area contributed by atoms with Crippen molar-refractivity contribution in [3.05, 3.63) is 59.4 Å². The first kappa shape index (κ1) is 14.3. The predicted molar refractivity (Wildman–Crippen MR) is 76.8 cm³/mol. The Labute approximate surface area is 121 Å². The van der Waals surface area contributed by atoms with E-state index < -0.39 is 0 Å². The van der Waals surface area contributed by atoms with E-state index in [1.165, 1.54) is 29.2 Å². The summed E-state index contributed by atoms with van der Waals surface area (Å²) in [4.78, 5) is 13.4. The monoisotopic (exact) mass is 293 g/mol. The van der Waals surface area contributed by atoms with Gasteiger partial charge in [0, 0.05) is 17.8 Å². The van der Waals surface area contributed by atoms with Crippen LogP contribution in [0.25, 0.3) is 0 Å². The Hall–Kier alpha value is -2.07. The molecule has 0 aliphatic rings. The maximum Gasteiger partial charge on any atom is 0.264 e. The predicted octanol–water partition coefficient (Wildman–Crippen LogP) is 3.52. The molecule has 0 spiro atoms. The van der Waals surface area contributed by atoms with E-state index in [1.54, 1.807) is 31.3 Å². The molecule has 0 N–H and O–H groups in total. The Kier molecular flexibility index (Phi) is 4.58. The quantitative estimate of drug-likeness (QED) is 0.863. The zero-order valence-electron chi connectivity index (χ0n) is 10.8. The van der Waals surface area contributed by atoms with Crippen molar-refractivity contribution < 1.29 is 13.9 Å². The molecule has 1 amide bonds. The van der Waals surface area contributed by atoms with Crippen molar-refractivity contribution in [2.45, 2.75) is 0 Å². The van der Waals surface area contributed by atoms with Crippen LogP contribution in [0.15, 0.2) is 48.5 Å². The summed E-state index contributed by atoms with van der Waals surface area (Å²) in [5.41, 5.74) is 0.608. The summed E-state index contributed by atoms with van der Waals surface area (Å²) < 4.78 is 18.2. The van der Waals surface area contributed by atoms with Crippen LogP contribution in [0.1, 0.15) is 0 Å². The highest BCUT2D eigenvalue weighted by atomic mass is 35.5. The molecule has 2 aromatic carbocycles. The van der Waals surface area contributed by atoms with Crippen LogP contribution in [0, 0.1) is 5.82 Å². The fourth-order valence-electron chi connectivity index (χ4n) is 1.58. The van der Waals surface area contributed by atoms with E-state index >= 15 is 0 Å². The Morgan fingerprint density at radius 2 is 1.75 bits per heavy atom. The van der Waals surface area contributed by atoms with Crippen molar-refractivity contribution in [2.75, 3.05) is 18.6 Å². The minimum absolute atomic E-state index is 0.102. The van der Waals surface area contributed by atoms with Gasteiger partial charge in [-0.2, -0.15) is 0 Å². The number of carbonyl (C=O) groups excluding carboxylic acids is 1. The number of benzene rings is 2. The van der Waals surface area contributed by atoms with Gasteiger partial charge in [-0.25, -0.2) is 4.39 Å². The highest BCUT2D eigenvalue weighted by molar-refractivity contribution is 6.30. The van der Waals surface area contributed by atoms with Crippen molar-refractivity contribution >= 4 is 23.2 Å². The number of ether oxygens (including phenoxy) is 1. The number of carbonyl (C=O) groups is 1. The van der Waals surface area contributed by atoms with Gasteiger partial charge in [-0.1, -0.05) is 11.6 Å². The van der Waals surface area contributed by atoms with Crippen LogP contribution in [-0.4, -0.2) is 19.6 Å². The summed E-state index contributed by atoms with van der Waals surface area (Å²) in [5.74, 6) is -0.00572. The number of halogens is 2. The molecule has 2 rings (SSSR count). The average molecular weight is 294 g/mol. The number of nitrogens with zero attached hydrogens (tertiary/aromatic N) is 1. The molecule has 2 aromatic rings. The van der Waals surface area contributed by atoms with E-state index in [0.29, 0.717) is 16.5 Å². The lowest BCUT2D eigenvalue weighted by Gasteiger charge is -2.17. The molecule has 0 unspecified atom stereocenters. The third kappa shape index (κ3) is 3.71. The van der Waals surface area contributed by atoms with Crippen LogP contribution in [0.2, 0.25) is 5.02 Å². The SMILES string of the molecule is CN(C(=O)COc1ccc(Cl)cc1)c1ccc(F)cc1. The number of amides is 1. The zero-order chi connectivity index (χ0) is 14.5. The molecule has 20 heavy (non-hydrogen) atoms. The van der Waals surface area contributed by atoms with E-state index in [-0.39, 0.29) is 18.3 Å². The molecule has 3 nitrogen and oxygen atoms in total. The lowest BCUT2D eigenvalue weighted by atomic mass is 10.3. The molecule has 5 heteroatoms. The smallest absolute Gasteiger partial charge is 0.264 e. The summed E-state index contributed by atoms with van der Waals surface area (Å²) in [6, 6.07) is 12.4. The maximum absolute atomic E-state index is 12.8. The molecular weight excluding hydrogens is 281 g/mol. The standard InChI is InChI=1S/C15H13ClFNO2/c1-18(13-6-4-12(17)5-7-13)15(19)10-20-14-8-2-11(16)3-9-14/h2-9H,10H2,1H3. The molecule has 0 aliphatic carbocycles. The van der Waals surface area contributed by atoms with E-state index in [4.69, 9.17) is 16.3 Å². The second-order valence-electron chi connectivity index (χ2n) is 4.17. The van der Waals surface area contributed by atoms with Gasteiger partial charge in [-0.15, -0.1) is 0 Å². The third-order valence-corrected chi connectivity index (χ3v) is 3.02. The lowest BCUT2D eigenvalue weighted by Crippen LogP contribution is -2.31. The second kappa shape index (κ2) is 6.39. The van der Waals surface area contributed by atoms with E-state index in [2.05, 4.69) is 0 Å². The summed E-state index contributed by atoms with van der Waals surface area (Å²) in [5, 5.41) is 0.604. The number of likely N-dealkylation sites (N-methyl/N-ethyl adjacent to an activating group) is 1. The Morgan fingerprint density at radius 1 is 1.15 bits per heavy atom. The molecule has 0 saturated carbocycles. The zero-order valence-corrected chi connectivity index (χ0v) is 11.6. The van der Waals surface area contributed by atoms with Gasteiger partial charge >= 0.3 is 0 Å². The second-order valence-corrected chi connectivity index (χ2v) is 4.61. The normalized spacial score (nSPS) is 10.2.